The maximum atomic E-state index is 13.7. The summed E-state index contributed by atoms with van der Waals surface area (Å²) in [7, 11) is 0. The van der Waals surface area contributed by atoms with Gasteiger partial charge < -0.3 is 25.6 Å². The summed E-state index contributed by atoms with van der Waals surface area (Å²) in [5.74, 6) is -1.06. The van der Waals surface area contributed by atoms with Crippen molar-refractivity contribution in [3.63, 3.8) is 0 Å². The number of rotatable bonds is 10. The van der Waals surface area contributed by atoms with E-state index in [9.17, 15) is 19.2 Å². The molecule has 41 heavy (non-hydrogen) atoms. The number of hydrogen-bond donors (Lipinski definition) is 3. The highest BCUT2D eigenvalue weighted by Gasteiger charge is 2.56. The van der Waals surface area contributed by atoms with Crippen LogP contribution in [0.25, 0.3) is 0 Å². The van der Waals surface area contributed by atoms with Crippen molar-refractivity contribution in [2.24, 2.45) is 0 Å². The highest BCUT2D eigenvalue weighted by molar-refractivity contribution is 6.07. The molecule has 1 fully saturated rings. The molecule has 0 aliphatic carbocycles. The summed E-state index contributed by atoms with van der Waals surface area (Å²) in [6.45, 7) is 5.20. The van der Waals surface area contributed by atoms with E-state index >= 15 is 0 Å². The van der Waals surface area contributed by atoms with E-state index in [2.05, 4.69) is 25.9 Å². The molecule has 2 aromatic heterocycles. The highest BCUT2D eigenvalue weighted by atomic mass is 16.6. The number of hydrogen-bond acceptors (Lipinski definition) is 7. The van der Waals surface area contributed by atoms with Gasteiger partial charge in [0.25, 0.3) is 5.91 Å². The lowest BCUT2D eigenvalue weighted by Crippen LogP contribution is -2.70. The lowest BCUT2D eigenvalue weighted by Gasteiger charge is -2.51. The first-order chi connectivity index (χ1) is 19.6. The van der Waals surface area contributed by atoms with Crippen molar-refractivity contribution < 1.29 is 23.9 Å². The molecule has 3 N–H and O–H groups in total. The molecule has 0 spiro atoms. The Morgan fingerprint density at radius 2 is 1.51 bits per heavy atom. The lowest BCUT2D eigenvalue weighted by molar-refractivity contribution is -0.164. The number of alkyl carbamates (subject to hydrolysis) is 1. The topological polar surface area (TPSA) is 143 Å². The van der Waals surface area contributed by atoms with Crippen LogP contribution in [-0.4, -0.2) is 62.4 Å². The molecule has 1 aliphatic heterocycles. The molecular weight excluding hydrogens is 524 g/mol. The van der Waals surface area contributed by atoms with Crippen molar-refractivity contribution in [2.75, 3.05) is 17.2 Å². The van der Waals surface area contributed by atoms with Gasteiger partial charge in [0, 0.05) is 49.1 Å². The van der Waals surface area contributed by atoms with E-state index in [0.717, 1.165) is 5.56 Å². The quantitative estimate of drug-likeness (QED) is 0.323. The summed E-state index contributed by atoms with van der Waals surface area (Å²) >= 11 is 0. The van der Waals surface area contributed by atoms with E-state index < -0.39 is 29.2 Å². The maximum absolute atomic E-state index is 13.7. The molecule has 0 radical (unpaired) electrons. The number of nitrogens with zero attached hydrogens (tertiary/aromatic N) is 3. The molecule has 11 heteroatoms. The number of amides is 4. The first-order valence-electron chi connectivity index (χ1n) is 13.3. The smallest absolute Gasteiger partial charge is 0.408 e. The fourth-order valence-electron chi connectivity index (χ4n) is 4.63. The van der Waals surface area contributed by atoms with Gasteiger partial charge in [-0.3, -0.25) is 24.4 Å². The van der Waals surface area contributed by atoms with Crippen LogP contribution in [0, 0.1) is 0 Å². The predicted molar refractivity (Wildman–Crippen MR) is 153 cm³/mol. The van der Waals surface area contributed by atoms with E-state index in [1.54, 1.807) is 57.4 Å². The number of benzene rings is 1. The Morgan fingerprint density at radius 1 is 0.927 bits per heavy atom. The molecule has 3 aromatic rings. The first-order valence-corrected chi connectivity index (χ1v) is 13.3. The summed E-state index contributed by atoms with van der Waals surface area (Å²) in [5.41, 5.74) is -0.0259. The molecule has 11 nitrogen and oxygen atoms in total. The van der Waals surface area contributed by atoms with Crippen LogP contribution in [-0.2, 0) is 25.5 Å². The van der Waals surface area contributed by atoms with Gasteiger partial charge in [0.05, 0.1) is 6.42 Å². The number of anilines is 2. The largest absolute Gasteiger partial charge is 0.444 e. The van der Waals surface area contributed by atoms with Crippen molar-refractivity contribution in [2.45, 2.75) is 57.2 Å². The van der Waals surface area contributed by atoms with Crippen LogP contribution in [0.3, 0.4) is 0 Å². The minimum Gasteiger partial charge on any atom is -0.444 e. The standard InChI is InChI=1S/C30H34N6O5/c1-29(2,3)41-28(40)35-24(26(38)33-22-9-14-31-15-10-22)13-18-36-25(37)20-30(36,19-21-7-5-4-6-8-21)27(39)34-23-11-16-32-17-12-23/h4-12,14-17,24H,13,18-20H2,1-3H3,(H,35,40)(H,31,33,38)(H,32,34,39)/t24-,30-/m0/s1. The van der Waals surface area contributed by atoms with Gasteiger partial charge in [-0.05, 0) is 57.0 Å². The number of carbonyl (C=O) groups is 4. The minimum absolute atomic E-state index is 0.00613. The van der Waals surface area contributed by atoms with Crippen molar-refractivity contribution in [3.8, 4) is 0 Å². The van der Waals surface area contributed by atoms with Gasteiger partial charge in [-0.25, -0.2) is 4.79 Å². The maximum Gasteiger partial charge on any atom is 0.408 e. The Labute approximate surface area is 238 Å². The van der Waals surface area contributed by atoms with Gasteiger partial charge in [0.15, 0.2) is 0 Å². The summed E-state index contributed by atoms with van der Waals surface area (Å²) in [5, 5.41) is 8.29. The number of aromatic nitrogens is 2. The monoisotopic (exact) mass is 558 g/mol. The fourth-order valence-corrected chi connectivity index (χ4v) is 4.63. The second-order valence-electron chi connectivity index (χ2n) is 10.8. The highest BCUT2D eigenvalue weighted by Crippen LogP contribution is 2.37. The number of β-lactam (4-membered cyclic amide) rings is 1. The van der Waals surface area contributed by atoms with Crippen molar-refractivity contribution >= 4 is 35.2 Å². The minimum atomic E-state index is -1.18. The van der Waals surface area contributed by atoms with E-state index in [1.165, 1.54) is 17.3 Å². The third-order valence-electron chi connectivity index (χ3n) is 6.56. The van der Waals surface area contributed by atoms with Gasteiger partial charge in [0.2, 0.25) is 11.8 Å². The number of likely N-dealkylation sites (tertiary alicyclic amines) is 1. The molecule has 0 saturated carbocycles. The van der Waals surface area contributed by atoms with Crippen molar-refractivity contribution in [1.82, 2.24) is 20.2 Å². The average molecular weight is 559 g/mol. The number of carbonyl (C=O) groups excluding carboxylic acids is 4. The van der Waals surface area contributed by atoms with E-state index in [0.29, 0.717) is 11.4 Å². The van der Waals surface area contributed by atoms with E-state index in [1.807, 2.05) is 30.3 Å². The van der Waals surface area contributed by atoms with Crippen LogP contribution in [0.4, 0.5) is 16.2 Å². The van der Waals surface area contributed by atoms with Crippen LogP contribution in [0.1, 0.15) is 39.2 Å². The Morgan fingerprint density at radius 3 is 2.07 bits per heavy atom. The van der Waals surface area contributed by atoms with E-state index in [4.69, 9.17) is 4.74 Å². The summed E-state index contributed by atoms with van der Waals surface area (Å²) in [6, 6.07) is 15.0. The van der Waals surface area contributed by atoms with Crippen LogP contribution < -0.4 is 16.0 Å². The third kappa shape index (κ3) is 7.65. The molecule has 1 saturated heterocycles. The van der Waals surface area contributed by atoms with Crippen LogP contribution in [0.5, 0.6) is 0 Å². The zero-order chi connectivity index (χ0) is 29.5. The molecular formula is C30H34N6O5. The van der Waals surface area contributed by atoms with Crippen LogP contribution in [0.2, 0.25) is 0 Å². The zero-order valence-corrected chi connectivity index (χ0v) is 23.3. The molecule has 4 amide bonds. The van der Waals surface area contributed by atoms with Gasteiger partial charge in [-0.15, -0.1) is 0 Å². The Balaban J connectivity index is 1.56. The number of ether oxygens (including phenoxy) is 1. The third-order valence-corrected chi connectivity index (χ3v) is 6.56. The second kappa shape index (κ2) is 12.6. The molecule has 214 valence electrons. The summed E-state index contributed by atoms with van der Waals surface area (Å²) in [4.78, 5) is 62.0. The van der Waals surface area contributed by atoms with Gasteiger partial charge in [0.1, 0.15) is 17.2 Å². The first kappa shape index (κ1) is 29.2. The van der Waals surface area contributed by atoms with Crippen molar-refractivity contribution in [1.29, 1.82) is 0 Å². The average Bonchev–Trinajstić information content (AvgIpc) is 2.92. The zero-order valence-electron chi connectivity index (χ0n) is 23.3. The van der Waals surface area contributed by atoms with Gasteiger partial charge in [-0.2, -0.15) is 0 Å². The molecule has 0 bridgehead atoms. The molecule has 4 rings (SSSR count). The number of nitrogens with one attached hydrogen (secondary N) is 3. The van der Waals surface area contributed by atoms with Gasteiger partial charge in [-0.1, -0.05) is 30.3 Å². The van der Waals surface area contributed by atoms with Crippen LogP contribution >= 0.6 is 0 Å². The molecule has 3 heterocycles. The number of pyridine rings is 2. The lowest BCUT2D eigenvalue weighted by atomic mass is 9.77. The molecule has 1 aliphatic rings. The Bertz CT molecular complexity index is 1360. The Kier molecular flexibility index (Phi) is 8.96. The predicted octanol–water partition coefficient (Wildman–Crippen LogP) is 3.55. The van der Waals surface area contributed by atoms with E-state index in [-0.39, 0.29) is 37.6 Å². The van der Waals surface area contributed by atoms with Crippen molar-refractivity contribution in [3.05, 3.63) is 84.9 Å². The molecule has 0 unspecified atom stereocenters. The SMILES string of the molecule is CC(C)(C)OC(=O)N[C@@H](CCN1C(=O)C[C@@]1(Cc1ccccc1)C(=O)Nc1ccncc1)C(=O)Nc1ccncc1. The molecule has 2 atom stereocenters. The normalized spacial score (nSPS) is 17.1. The second-order valence-corrected chi connectivity index (χ2v) is 10.8. The summed E-state index contributed by atoms with van der Waals surface area (Å²) in [6.07, 6.45) is 5.76. The molecule has 1 aromatic carbocycles. The fraction of sp³-hybridized carbons (Fsp3) is 0.333. The Hall–Kier alpha value is -4.80. The van der Waals surface area contributed by atoms with Gasteiger partial charge >= 0.3 is 6.09 Å². The van der Waals surface area contributed by atoms with Crippen LogP contribution in [0.15, 0.2) is 79.4 Å². The summed E-state index contributed by atoms with van der Waals surface area (Å²) < 4.78 is 5.37.